The van der Waals surface area contributed by atoms with Crippen molar-refractivity contribution in [3.63, 3.8) is 0 Å². The lowest BCUT2D eigenvalue weighted by Gasteiger charge is -2.25. The van der Waals surface area contributed by atoms with E-state index in [-0.39, 0.29) is 17.7 Å². The minimum Gasteiger partial charge on any atom is -0.481 e. The van der Waals surface area contributed by atoms with Gasteiger partial charge in [-0.3, -0.25) is 9.59 Å². The molecule has 0 aromatic heterocycles. The molecule has 2 amide bonds. The number of nitrogens with zero attached hydrogens (tertiary/aromatic N) is 2. The molecule has 1 fully saturated rings. The largest absolute Gasteiger partial charge is 0.481 e. The third-order valence-corrected chi connectivity index (χ3v) is 4.34. The van der Waals surface area contributed by atoms with Gasteiger partial charge in [-0.1, -0.05) is 25.4 Å². The summed E-state index contributed by atoms with van der Waals surface area (Å²) in [5, 5.41) is 0.628. The van der Waals surface area contributed by atoms with Crippen LogP contribution in [0.4, 0.5) is 0 Å². The summed E-state index contributed by atoms with van der Waals surface area (Å²) in [6.07, 6.45) is 0.219. The molecule has 6 heteroatoms. The Morgan fingerprint density at radius 2 is 1.50 bits per heavy atom. The summed E-state index contributed by atoms with van der Waals surface area (Å²) in [5.74, 6) is 0.699. The number of rotatable bonds is 4. The van der Waals surface area contributed by atoms with Crippen molar-refractivity contribution in [1.29, 1.82) is 0 Å². The third kappa shape index (κ3) is 4.87. The van der Waals surface area contributed by atoms with Gasteiger partial charge in [-0.15, -0.1) is 0 Å². The number of carbonyl (C=O) groups excluding carboxylic acids is 2. The van der Waals surface area contributed by atoms with Crippen molar-refractivity contribution in [3.05, 3.63) is 29.3 Å². The van der Waals surface area contributed by atoms with Crippen molar-refractivity contribution in [2.75, 3.05) is 26.2 Å². The fourth-order valence-corrected chi connectivity index (χ4v) is 2.87. The van der Waals surface area contributed by atoms with Gasteiger partial charge in [0.2, 0.25) is 5.91 Å². The highest BCUT2D eigenvalue weighted by Gasteiger charge is 2.26. The minimum atomic E-state index is -0.571. The van der Waals surface area contributed by atoms with Crippen LogP contribution in [0.5, 0.6) is 5.75 Å². The van der Waals surface area contributed by atoms with E-state index in [4.69, 9.17) is 16.3 Å². The average molecular weight is 353 g/mol. The van der Waals surface area contributed by atoms with Crippen LogP contribution < -0.4 is 4.74 Å². The fraction of sp³-hybridized carbons (Fsp3) is 0.556. The number of ether oxygens (including phenoxy) is 1. The Labute approximate surface area is 148 Å². The van der Waals surface area contributed by atoms with Crippen LogP contribution in [0.1, 0.15) is 27.2 Å². The highest BCUT2D eigenvalue weighted by molar-refractivity contribution is 6.30. The van der Waals surface area contributed by atoms with E-state index in [1.807, 2.05) is 18.7 Å². The molecule has 132 valence electrons. The van der Waals surface area contributed by atoms with Crippen LogP contribution in [0.3, 0.4) is 0 Å². The number of hydrogen-bond donors (Lipinski definition) is 0. The number of benzene rings is 1. The van der Waals surface area contributed by atoms with E-state index in [1.54, 1.807) is 36.1 Å². The van der Waals surface area contributed by atoms with Gasteiger partial charge >= 0.3 is 0 Å². The summed E-state index contributed by atoms with van der Waals surface area (Å²) in [4.78, 5) is 28.4. The van der Waals surface area contributed by atoms with Crippen molar-refractivity contribution < 1.29 is 14.3 Å². The Balaban J connectivity index is 1.92. The number of hydrogen-bond acceptors (Lipinski definition) is 3. The van der Waals surface area contributed by atoms with E-state index in [0.717, 1.165) is 6.42 Å². The van der Waals surface area contributed by atoms with Gasteiger partial charge in [-0.2, -0.15) is 0 Å². The summed E-state index contributed by atoms with van der Waals surface area (Å²) in [5.41, 5.74) is 0. The molecule has 0 radical (unpaired) electrons. The van der Waals surface area contributed by atoms with Crippen LogP contribution in [0.15, 0.2) is 24.3 Å². The molecule has 1 aromatic rings. The number of carbonyl (C=O) groups is 2. The predicted molar refractivity (Wildman–Crippen MR) is 94.2 cm³/mol. The molecule has 0 bridgehead atoms. The van der Waals surface area contributed by atoms with Gasteiger partial charge < -0.3 is 14.5 Å². The van der Waals surface area contributed by atoms with Gasteiger partial charge in [-0.25, -0.2) is 0 Å². The molecule has 0 saturated carbocycles. The lowest BCUT2D eigenvalue weighted by Crippen LogP contribution is -2.43. The molecule has 1 unspecified atom stereocenters. The Kier molecular flexibility index (Phi) is 6.49. The van der Waals surface area contributed by atoms with Crippen molar-refractivity contribution >= 4 is 23.4 Å². The van der Waals surface area contributed by atoms with Crippen molar-refractivity contribution in [2.45, 2.75) is 33.3 Å². The van der Waals surface area contributed by atoms with Gasteiger partial charge in [0.15, 0.2) is 6.10 Å². The van der Waals surface area contributed by atoms with Crippen LogP contribution >= 0.6 is 11.6 Å². The number of amides is 2. The second-order valence-corrected chi connectivity index (χ2v) is 6.81. The summed E-state index contributed by atoms with van der Waals surface area (Å²) in [7, 11) is 0. The number of halogens is 1. The topological polar surface area (TPSA) is 49.9 Å². The first kappa shape index (κ1) is 18.6. The minimum absolute atomic E-state index is 0.0144. The lowest BCUT2D eigenvalue weighted by atomic mass is 10.2. The first-order valence-corrected chi connectivity index (χ1v) is 8.76. The highest BCUT2D eigenvalue weighted by atomic mass is 35.5. The van der Waals surface area contributed by atoms with Crippen LogP contribution in [0.25, 0.3) is 0 Å². The molecule has 5 nitrogen and oxygen atoms in total. The Morgan fingerprint density at radius 1 is 0.958 bits per heavy atom. The zero-order valence-corrected chi connectivity index (χ0v) is 15.3. The summed E-state index contributed by atoms with van der Waals surface area (Å²) >= 11 is 5.85. The van der Waals surface area contributed by atoms with Gasteiger partial charge in [0.05, 0.1) is 0 Å². The summed E-state index contributed by atoms with van der Waals surface area (Å²) < 4.78 is 5.71. The quantitative estimate of drug-likeness (QED) is 0.837. The Bertz CT molecular complexity index is 574. The van der Waals surface area contributed by atoms with Gasteiger partial charge in [0, 0.05) is 37.1 Å². The second kappa shape index (κ2) is 8.38. The van der Waals surface area contributed by atoms with Crippen molar-refractivity contribution in [3.8, 4) is 5.75 Å². The first-order chi connectivity index (χ1) is 11.4. The van der Waals surface area contributed by atoms with Crippen LogP contribution in [-0.2, 0) is 9.59 Å². The van der Waals surface area contributed by atoms with E-state index in [1.165, 1.54) is 0 Å². The normalized spacial score (nSPS) is 16.7. The zero-order chi connectivity index (χ0) is 17.7. The monoisotopic (exact) mass is 352 g/mol. The van der Waals surface area contributed by atoms with E-state index >= 15 is 0 Å². The van der Waals surface area contributed by atoms with Gasteiger partial charge in [0.25, 0.3) is 5.91 Å². The lowest BCUT2D eigenvalue weighted by molar-refractivity contribution is -0.139. The molecule has 1 aliphatic heterocycles. The fourth-order valence-electron chi connectivity index (χ4n) is 2.75. The second-order valence-electron chi connectivity index (χ2n) is 6.37. The molecule has 2 rings (SSSR count). The molecule has 24 heavy (non-hydrogen) atoms. The molecule has 1 heterocycles. The molecule has 0 N–H and O–H groups in total. The first-order valence-electron chi connectivity index (χ1n) is 8.38. The molecule has 1 aromatic carbocycles. The van der Waals surface area contributed by atoms with E-state index in [2.05, 4.69) is 0 Å². The van der Waals surface area contributed by atoms with Crippen molar-refractivity contribution in [1.82, 2.24) is 9.80 Å². The maximum atomic E-state index is 12.6. The summed E-state index contributed by atoms with van der Waals surface area (Å²) in [6.45, 7) is 8.03. The Morgan fingerprint density at radius 3 is 2.04 bits per heavy atom. The van der Waals surface area contributed by atoms with Crippen molar-refractivity contribution in [2.24, 2.45) is 5.92 Å². The van der Waals surface area contributed by atoms with E-state index < -0.39 is 6.10 Å². The van der Waals surface area contributed by atoms with Crippen LogP contribution in [0.2, 0.25) is 5.02 Å². The third-order valence-electron chi connectivity index (χ3n) is 4.09. The smallest absolute Gasteiger partial charge is 0.263 e. The molecule has 0 spiro atoms. The standard InChI is InChI=1S/C18H25ClN2O3/c1-13(2)17(22)20-9-4-10-21(12-11-20)18(23)14(3)24-16-7-5-15(19)6-8-16/h5-8,13-14H,4,9-12H2,1-3H3. The molecule has 1 atom stereocenters. The highest BCUT2D eigenvalue weighted by Crippen LogP contribution is 2.18. The zero-order valence-electron chi connectivity index (χ0n) is 14.5. The van der Waals surface area contributed by atoms with Crippen LogP contribution in [0, 0.1) is 5.92 Å². The maximum absolute atomic E-state index is 12.6. The van der Waals surface area contributed by atoms with E-state index in [0.29, 0.717) is 37.0 Å². The predicted octanol–water partition coefficient (Wildman–Crippen LogP) is 2.82. The maximum Gasteiger partial charge on any atom is 0.263 e. The molecular formula is C18H25ClN2O3. The molecule has 1 aliphatic rings. The average Bonchev–Trinajstić information content (AvgIpc) is 2.81. The Hall–Kier alpha value is -1.75. The van der Waals surface area contributed by atoms with Crippen LogP contribution in [-0.4, -0.2) is 53.9 Å². The van der Waals surface area contributed by atoms with Gasteiger partial charge in [0.1, 0.15) is 5.75 Å². The molecule has 1 saturated heterocycles. The molecular weight excluding hydrogens is 328 g/mol. The van der Waals surface area contributed by atoms with E-state index in [9.17, 15) is 9.59 Å². The summed E-state index contributed by atoms with van der Waals surface area (Å²) in [6, 6.07) is 6.96. The molecule has 0 aliphatic carbocycles. The SMILES string of the molecule is CC(C)C(=O)N1CCCN(C(=O)C(C)Oc2ccc(Cl)cc2)CC1. The van der Waals surface area contributed by atoms with Gasteiger partial charge in [-0.05, 0) is 37.6 Å².